The van der Waals surface area contributed by atoms with E-state index in [-0.39, 0.29) is 21.3 Å². The summed E-state index contributed by atoms with van der Waals surface area (Å²) in [4.78, 5) is 44.3. The fourth-order valence-electron chi connectivity index (χ4n) is 3.78. The van der Waals surface area contributed by atoms with E-state index >= 15 is 0 Å². The first-order valence-corrected chi connectivity index (χ1v) is 11.3. The topological polar surface area (TPSA) is 106 Å². The van der Waals surface area contributed by atoms with Crippen LogP contribution < -0.4 is 9.64 Å². The minimum absolute atomic E-state index is 0.0622. The van der Waals surface area contributed by atoms with Crippen LogP contribution in [0.25, 0.3) is 5.76 Å². The van der Waals surface area contributed by atoms with Crippen molar-refractivity contribution < 1.29 is 29.0 Å². The van der Waals surface area contributed by atoms with E-state index < -0.39 is 23.7 Å². The fraction of sp³-hybridized carbons (Fsp3) is 0.200. The van der Waals surface area contributed by atoms with Gasteiger partial charge in [0, 0.05) is 5.56 Å². The largest absolute Gasteiger partial charge is 0.507 e. The van der Waals surface area contributed by atoms with Gasteiger partial charge in [0.2, 0.25) is 0 Å². The second-order valence-corrected chi connectivity index (χ2v) is 8.42. The van der Waals surface area contributed by atoms with Gasteiger partial charge < -0.3 is 14.6 Å². The van der Waals surface area contributed by atoms with Crippen molar-refractivity contribution in [3.8, 4) is 5.75 Å². The smallest absolute Gasteiger partial charge is 0.350 e. The minimum Gasteiger partial charge on any atom is -0.507 e. The molecule has 1 saturated heterocycles. The van der Waals surface area contributed by atoms with E-state index in [0.717, 1.165) is 11.3 Å². The number of nitrogens with zero attached hydrogens (tertiary/aromatic N) is 2. The van der Waals surface area contributed by atoms with Crippen LogP contribution >= 0.6 is 11.3 Å². The number of hydrogen-bond acceptors (Lipinski definition) is 8. The Labute approximate surface area is 200 Å². The molecule has 2 aromatic carbocycles. The van der Waals surface area contributed by atoms with E-state index in [4.69, 9.17) is 9.47 Å². The normalized spacial score (nSPS) is 17.1. The molecule has 1 N–H and O–H groups in total. The van der Waals surface area contributed by atoms with Crippen molar-refractivity contribution in [2.24, 2.45) is 0 Å². The van der Waals surface area contributed by atoms with Gasteiger partial charge in [-0.2, -0.15) is 0 Å². The molecule has 0 unspecified atom stereocenters. The lowest BCUT2D eigenvalue weighted by molar-refractivity contribution is -0.132. The second-order valence-electron chi connectivity index (χ2n) is 7.44. The molecular formula is C25H22N2O6S. The summed E-state index contributed by atoms with van der Waals surface area (Å²) in [6.45, 7) is 3.98. The molecule has 174 valence electrons. The zero-order chi connectivity index (χ0) is 24.4. The van der Waals surface area contributed by atoms with Gasteiger partial charge in [0.15, 0.2) is 5.13 Å². The van der Waals surface area contributed by atoms with Crippen LogP contribution in [0.4, 0.5) is 5.13 Å². The summed E-state index contributed by atoms with van der Waals surface area (Å²) in [5.74, 6) is -1.95. The first-order valence-electron chi connectivity index (χ1n) is 10.5. The minimum atomic E-state index is -0.927. The average Bonchev–Trinajstić information content (AvgIpc) is 3.36. The van der Waals surface area contributed by atoms with Gasteiger partial charge >= 0.3 is 11.9 Å². The third-order valence-electron chi connectivity index (χ3n) is 5.36. The van der Waals surface area contributed by atoms with Crippen LogP contribution in [-0.2, 0) is 14.3 Å². The molecule has 1 aliphatic rings. The predicted octanol–water partition coefficient (Wildman–Crippen LogP) is 4.26. The Morgan fingerprint density at radius 3 is 2.41 bits per heavy atom. The van der Waals surface area contributed by atoms with Crippen LogP contribution in [-0.4, -0.2) is 41.5 Å². The molecule has 1 aliphatic heterocycles. The summed E-state index contributed by atoms with van der Waals surface area (Å²) in [6.07, 6.45) is 0. The Balaban J connectivity index is 1.87. The molecule has 1 atom stereocenters. The van der Waals surface area contributed by atoms with E-state index in [0.29, 0.717) is 29.2 Å². The highest BCUT2D eigenvalue weighted by molar-refractivity contribution is 7.17. The van der Waals surface area contributed by atoms with Crippen LogP contribution in [0.2, 0.25) is 0 Å². The molecule has 0 bridgehead atoms. The van der Waals surface area contributed by atoms with Gasteiger partial charge in [-0.15, -0.1) is 0 Å². The Bertz CT molecular complexity index is 1280. The number of Topliss-reactive ketones (excluding diaryl/α,β-unsaturated/α-hetero) is 1. The number of ether oxygens (including phenoxy) is 2. The highest BCUT2D eigenvalue weighted by Gasteiger charge is 2.48. The number of aliphatic hydroxyl groups is 1. The molecule has 34 heavy (non-hydrogen) atoms. The summed E-state index contributed by atoms with van der Waals surface area (Å²) >= 11 is 0.957. The fourth-order valence-corrected chi connectivity index (χ4v) is 4.79. The summed E-state index contributed by atoms with van der Waals surface area (Å²) in [5.41, 5.74) is 1.30. The number of anilines is 1. The Kier molecular flexibility index (Phi) is 6.47. The van der Waals surface area contributed by atoms with Crippen molar-refractivity contribution in [2.75, 3.05) is 18.6 Å². The van der Waals surface area contributed by atoms with Gasteiger partial charge in [0.25, 0.3) is 5.78 Å². The van der Waals surface area contributed by atoms with Crippen LogP contribution in [0, 0.1) is 6.92 Å². The molecule has 2 heterocycles. The number of carbonyl (C=O) groups excluding carboxylic acids is 3. The summed E-state index contributed by atoms with van der Waals surface area (Å²) in [6, 6.07) is 14.6. The lowest BCUT2D eigenvalue weighted by atomic mass is 9.95. The van der Waals surface area contributed by atoms with Crippen LogP contribution in [0.15, 0.2) is 60.2 Å². The van der Waals surface area contributed by atoms with Gasteiger partial charge in [-0.05, 0) is 43.7 Å². The van der Waals surface area contributed by atoms with E-state index in [9.17, 15) is 19.5 Å². The predicted molar refractivity (Wildman–Crippen MR) is 127 cm³/mol. The quantitative estimate of drug-likeness (QED) is 0.244. The molecule has 9 heteroatoms. The number of aliphatic hydroxyl groups excluding tert-OH is 1. The molecule has 1 amide bonds. The standard InChI is InChI=1S/C25H22N2O6S/c1-4-33-17-12-10-16(11-13-17)20(28)18-19(15-8-6-5-7-9-15)27(23(30)21(18)29)25-26-14(2)22(34-25)24(31)32-3/h5-13,19,28H,4H2,1-3H3/t19-/m1/s1. The molecule has 0 saturated carbocycles. The number of rotatable bonds is 6. The number of aryl methyl sites for hydroxylation is 1. The van der Waals surface area contributed by atoms with Gasteiger partial charge in [-0.1, -0.05) is 41.7 Å². The molecule has 0 aliphatic carbocycles. The highest BCUT2D eigenvalue weighted by Crippen LogP contribution is 2.43. The SMILES string of the molecule is CCOc1ccc(C(O)=C2C(=O)C(=O)N(c3nc(C)c(C(=O)OC)s3)[C@@H]2c2ccccc2)cc1. The maximum absolute atomic E-state index is 13.2. The molecule has 1 fully saturated rings. The van der Waals surface area contributed by atoms with Crippen molar-refractivity contribution in [3.63, 3.8) is 0 Å². The van der Waals surface area contributed by atoms with E-state index in [1.807, 2.05) is 13.0 Å². The van der Waals surface area contributed by atoms with E-state index in [2.05, 4.69) is 4.98 Å². The zero-order valence-corrected chi connectivity index (χ0v) is 19.6. The Morgan fingerprint density at radius 2 is 1.79 bits per heavy atom. The molecule has 3 aromatic rings. The number of benzene rings is 2. The number of methoxy groups -OCH3 is 1. The van der Waals surface area contributed by atoms with Crippen molar-refractivity contribution >= 4 is 39.9 Å². The summed E-state index contributed by atoms with van der Waals surface area (Å²) < 4.78 is 10.2. The van der Waals surface area contributed by atoms with Crippen LogP contribution in [0.5, 0.6) is 5.75 Å². The average molecular weight is 479 g/mol. The van der Waals surface area contributed by atoms with Crippen molar-refractivity contribution in [2.45, 2.75) is 19.9 Å². The van der Waals surface area contributed by atoms with Crippen molar-refractivity contribution in [1.82, 2.24) is 4.98 Å². The zero-order valence-electron chi connectivity index (χ0n) is 18.8. The number of esters is 1. The highest BCUT2D eigenvalue weighted by atomic mass is 32.1. The molecule has 0 radical (unpaired) electrons. The van der Waals surface area contributed by atoms with Gasteiger partial charge in [0.05, 0.1) is 31.0 Å². The summed E-state index contributed by atoms with van der Waals surface area (Å²) in [7, 11) is 1.26. The molecule has 4 rings (SSSR count). The first-order chi connectivity index (χ1) is 16.4. The number of aromatic nitrogens is 1. The molecule has 0 spiro atoms. The molecule has 1 aromatic heterocycles. The van der Waals surface area contributed by atoms with Gasteiger partial charge in [0.1, 0.15) is 16.4 Å². The Hall–Kier alpha value is -3.98. The lowest BCUT2D eigenvalue weighted by Gasteiger charge is -2.23. The third kappa shape index (κ3) is 4.06. The third-order valence-corrected chi connectivity index (χ3v) is 6.50. The number of hydrogen-bond donors (Lipinski definition) is 1. The number of ketones is 1. The number of thiazole rings is 1. The van der Waals surface area contributed by atoms with Gasteiger partial charge in [-0.3, -0.25) is 14.5 Å². The van der Waals surface area contributed by atoms with Crippen LogP contribution in [0.3, 0.4) is 0 Å². The lowest BCUT2D eigenvalue weighted by Crippen LogP contribution is -2.29. The van der Waals surface area contributed by atoms with Crippen LogP contribution in [0.1, 0.15) is 39.5 Å². The summed E-state index contributed by atoms with van der Waals surface area (Å²) in [5, 5.41) is 11.3. The van der Waals surface area contributed by atoms with E-state index in [1.165, 1.54) is 12.0 Å². The maximum atomic E-state index is 13.2. The number of amides is 1. The Morgan fingerprint density at radius 1 is 1.12 bits per heavy atom. The van der Waals surface area contributed by atoms with E-state index in [1.54, 1.807) is 55.5 Å². The molecule has 8 nitrogen and oxygen atoms in total. The first kappa shape index (κ1) is 23.2. The van der Waals surface area contributed by atoms with Crippen molar-refractivity contribution in [3.05, 3.63) is 81.9 Å². The monoisotopic (exact) mass is 478 g/mol. The number of carbonyl (C=O) groups is 3. The molecular weight excluding hydrogens is 456 g/mol. The maximum Gasteiger partial charge on any atom is 0.350 e. The van der Waals surface area contributed by atoms with Gasteiger partial charge in [-0.25, -0.2) is 9.78 Å². The second kappa shape index (κ2) is 9.48. The van der Waals surface area contributed by atoms with Crippen molar-refractivity contribution in [1.29, 1.82) is 0 Å².